The summed E-state index contributed by atoms with van der Waals surface area (Å²) >= 11 is 0. The van der Waals surface area contributed by atoms with Crippen molar-refractivity contribution in [3.8, 4) is 0 Å². The fourth-order valence-corrected chi connectivity index (χ4v) is 2.50. The normalized spacial score (nSPS) is 12.7. The monoisotopic (exact) mass is 266 g/mol. The highest BCUT2D eigenvalue weighted by molar-refractivity contribution is 5.82. The van der Waals surface area contributed by atoms with Crippen molar-refractivity contribution in [3.05, 3.63) is 72.2 Å². The molecule has 20 heavy (non-hydrogen) atoms. The van der Waals surface area contributed by atoms with E-state index < -0.39 is 0 Å². The molecule has 0 fully saturated rings. The van der Waals surface area contributed by atoms with Crippen LogP contribution in [0.3, 0.4) is 0 Å². The van der Waals surface area contributed by atoms with Crippen LogP contribution in [0, 0.1) is 0 Å². The molecule has 102 valence electrons. The summed E-state index contributed by atoms with van der Waals surface area (Å²) < 4.78 is 5.28. The van der Waals surface area contributed by atoms with E-state index in [1.165, 1.54) is 16.3 Å². The fraction of sp³-hybridized carbons (Fsp3) is 0.222. The fourth-order valence-electron chi connectivity index (χ4n) is 2.50. The van der Waals surface area contributed by atoms with E-state index in [-0.39, 0.29) is 6.10 Å². The maximum atomic E-state index is 10.1. The molecule has 1 heterocycles. The molecule has 0 spiro atoms. The van der Waals surface area contributed by atoms with Crippen molar-refractivity contribution in [1.29, 1.82) is 0 Å². The Hall–Kier alpha value is -2.06. The number of fused-ring (bicyclic) bond motifs is 1. The lowest BCUT2D eigenvalue weighted by molar-refractivity contribution is 0.163. The molecule has 3 aromatic rings. The first kappa shape index (κ1) is 12.9. The van der Waals surface area contributed by atoms with Crippen LogP contribution in [0.1, 0.15) is 17.7 Å². The minimum absolute atomic E-state index is 0.332. The molecule has 1 aromatic heterocycles. The van der Waals surface area contributed by atoms with Crippen LogP contribution in [0.25, 0.3) is 10.8 Å². The van der Waals surface area contributed by atoms with Crippen molar-refractivity contribution < 1.29 is 9.52 Å². The molecule has 2 nitrogen and oxygen atoms in total. The van der Waals surface area contributed by atoms with Gasteiger partial charge in [-0.1, -0.05) is 42.5 Å². The number of rotatable bonds is 5. The molecule has 1 unspecified atom stereocenters. The average Bonchev–Trinajstić information content (AvgIpc) is 2.98. The molecule has 0 aliphatic carbocycles. The topological polar surface area (TPSA) is 33.4 Å². The van der Waals surface area contributed by atoms with Gasteiger partial charge in [0.15, 0.2) is 0 Å². The second-order valence-electron chi connectivity index (χ2n) is 5.16. The Morgan fingerprint density at radius 1 is 0.950 bits per heavy atom. The van der Waals surface area contributed by atoms with Crippen molar-refractivity contribution in [2.75, 3.05) is 0 Å². The number of aryl methyl sites for hydroxylation is 1. The molecule has 2 heteroatoms. The Kier molecular flexibility index (Phi) is 3.84. The van der Waals surface area contributed by atoms with Gasteiger partial charge in [-0.15, -0.1) is 0 Å². The number of furan rings is 1. The lowest BCUT2D eigenvalue weighted by Crippen LogP contribution is -2.11. The summed E-state index contributed by atoms with van der Waals surface area (Å²) in [6, 6.07) is 18.5. The van der Waals surface area contributed by atoms with Gasteiger partial charge in [0.2, 0.25) is 0 Å². The van der Waals surface area contributed by atoms with Crippen LogP contribution in [0.15, 0.2) is 65.3 Å². The summed E-state index contributed by atoms with van der Waals surface area (Å²) in [6.45, 7) is 0. The Bertz CT molecular complexity index is 671. The quantitative estimate of drug-likeness (QED) is 0.758. The Morgan fingerprint density at radius 3 is 2.60 bits per heavy atom. The predicted octanol–water partition coefficient (Wildman–Crippen LogP) is 3.97. The zero-order valence-corrected chi connectivity index (χ0v) is 11.3. The minimum Gasteiger partial charge on any atom is -0.469 e. The number of benzene rings is 2. The van der Waals surface area contributed by atoms with Crippen molar-refractivity contribution in [3.63, 3.8) is 0 Å². The van der Waals surface area contributed by atoms with E-state index in [4.69, 9.17) is 4.42 Å². The van der Waals surface area contributed by atoms with E-state index in [2.05, 4.69) is 30.3 Å². The first-order valence-electron chi connectivity index (χ1n) is 6.99. The molecule has 3 rings (SSSR count). The van der Waals surface area contributed by atoms with E-state index in [0.717, 1.165) is 18.6 Å². The number of aliphatic hydroxyl groups excluding tert-OH is 1. The van der Waals surface area contributed by atoms with Gasteiger partial charge in [-0.2, -0.15) is 0 Å². The molecule has 0 amide bonds. The summed E-state index contributed by atoms with van der Waals surface area (Å²) in [5.74, 6) is 0.933. The summed E-state index contributed by atoms with van der Waals surface area (Å²) in [7, 11) is 0. The van der Waals surface area contributed by atoms with E-state index in [0.29, 0.717) is 6.42 Å². The van der Waals surface area contributed by atoms with Gasteiger partial charge in [0.05, 0.1) is 12.4 Å². The predicted molar refractivity (Wildman–Crippen MR) is 80.7 cm³/mol. The van der Waals surface area contributed by atoms with Crippen molar-refractivity contribution in [2.24, 2.45) is 0 Å². The van der Waals surface area contributed by atoms with Crippen LogP contribution in [0.4, 0.5) is 0 Å². The third kappa shape index (κ3) is 3.09. The van der Waals surface area contributed by atoms with Gasteiger partial charge in [0, 0.05) is 6.42 Å². The molecule has 0 bridgehead atoms. The molecule has 0 aliphatic heterocycles. The second kappa shape index (κ2) is 5.93. The standard InChI is InChI=1S/C18H18O2/c19-17(9-10-18-6-3-11-20-18)13-14-7-8-15-4-1-2-5-16(15)12-14/h1-8,11-12,17,19H,9-10,13H2. The smallest absolute Gasteiger partial charge is 0.103 e. The van der Waals surface area contributed by atoms with E-state index >= 15 is 0 Å². The van der Waals surface area contributed by atoms with Crippen molar-refractivity contribution in [1.82, 2.24) is 0 Å². The van der Waals surface area contributed by atoms with Gasteiger partial charge < -0.3 is 9.52 Å². The van der Waals surface area contributed by atoms with Gasteiger partial charge in [-0.05, 0) is 41.3 Å². The van der Waals surface area contributed by atoms with Gasteiger partial charge in [0.1, 0.15) is 5.76 Å². The highest BCUT2D eigenvalue weighted by Gasteiger charge is 2.07. The SMILES string of the molecule is OC(CCc1ccco1)Cc1ccc2ccccc2c1. The molecule has 2 aromatic carbocycles. The first-order chi connectivity index (χ1) is 9.81. The summed E-state index contributed by atoms with van der Waals surface area (Å²) in [5.41, 5.74) is 1.18. The van der Waals surface area contributed by atoms with Gasteiger partial charge >= 0.3 is 0 Å². The van der Waals surface area contributed by atoms with Crippen LogP contribution < -0.4 is 0 Å². The maximum absolute atomic E-state index is 10.1. The molecule has 1 atom stereocenters. The van der Waals surface area contributed by atoms with Crippen LogP contribution >= 0.6 is 0 Å². The Balaban J connectivity index is 1.63. The molecule has 0 saturated carbocycles. The molecule has 0 radical (unpaired) electrons. The summed E-state index contributed by atoms with van der Waals surface area (Å²) in [6.07, 6.45) is 3.53. The van der Waals surface area contributed by atoms with Crippen LogP contribution in [0.5, 0.6) is 0 Å². The van der Waals surface area contributed by atoms with E-state index in [9.17, 15) is 5.11 Å². The minimum atomic E-state index is -0.332. The zero-order valence-electron chi connectivity index (χ0n) is 11.3. The first-order valence-corrected chi connectivity index (χ1v) is 6.99. The average molecular weight is 266 g/mol. The highest BCUT2D eigenvalue weighted by Crippen LogP contribution is 2.17. The van der Waals surface area contributed by atoms with E-state index in [1.807, 2.05) is 24.3 Å². The van der Waals surface area contributed by atoms with Gasteiger partial charge in [-0.3, -0.25) is 0 Å². The van der Waals surface area contributed by atoms with Crippen LogP contribution in [-0.4, -0.2) is 11.2 Å². The number of hydrogen-bond donors (Lipinski definition) is 1. The molecular weight excluding hydrogens is 248 g/mol. The summed E-state index contributed by atoms with van der Waals surface area (Å²) in [5, 5.41) is 12.6. The highest BCUT2D eigenvalue weighted by atomic mass is 16.3. The lowest BCUT2D eigenvalue weighted by Gasteiger charge is -2.10. The van der Waals surface area contributed by atoms with Gasteiger partial charge in [-0.25, -0.2) is 0 Å². The summed E-state index contributed by atoms with van der Waals surface area (Å²) in [4.78, 5) is 0. The largest absolute Gasteiger partial charge is 0.469 e. The molecule has 0 saturated heterocycles. The third-order valence-electron chi connectivity index (χ3n) is 3.59. The maximum Gasteiger partial charge on any atom is 0.103 e. The molecule has 0 aliphatic rings. The lowest BCUT2D eigenvalue weighted by atomic mass is 10.0. The van der Waals surface area contributed by atoms with Gasteiger partial charge in [0.25, 0.3) is 0 Å². The van der Waals surface area contributed by atoms with E-state index in [1.54, 1.807) is 6.26 Å². The number of hydrogen-bond acceptors (Lipinski definition) is 2. The van der Waals surface area contributed by atoms with Crippen molar-refractivity contribution in [2.45, 2.75) is 25.4 Å². The van der Waals surface area contributed by atoms with Crippen LogP contribution in [-0.2, 0) is 12.8 Å². The Labute approximate surface area is 118 Å². The number of aliphatic hydroxyl groups is 1. The van der Waals surface area contributed by atoms with Crippen LogP contribution in [0.2, 0.25) is 0 Å². The Morgan fingerprint density at radius 2 is 1.80 bits per heavy atom. The zero-order chi connectivity index (χ0) is 13.8. The molecule has 1 N–H and O–H groups in total. The molecular formula is C18H18O2. The third-order valence-corrected chi connectivity index (χ3v) is 3.59. The second-order valence-corrected chi connectivity index (χ2v) is 5.16. The van der Waals surface area contributed by atoms with Crippen molar-refractivity contribution >= 4 is 10.8 Å².